The maximum Gasteiger partial charge on any atom is 0.230 e. The minimum absolute atomic E-state index is 0.154. The fourth-order valence-electron chi connectivity index (χ4n) is 3.41. The summed E-state index contributed by atoms with van der Waals surface area (Å²) in [5, 5.41) is 0. The van der Waals surface area contributed by atoms with E-state index in [-0.39, 0.29) is 5.92 Å². The number of hydrogen-bond donors (Lipinski definition) is 1. The molecule has 2 unspecified atom stereocenters. The van der Waals surface area contributed by atoms with Crippen LogP contribution < -0.4 is 10.6 Å². The second-order valence-electron chi connectivity index (χ2n) is 5.40. The molecule has 2 aliphatic rings. The highest BCUT2D eigenvalue weighted by molar-refractivity contribution is 5.97. The van der Waals surface area contributed by atoms with Gasteiger partial charge in [-0.2, -0.15) is 0 Å². The third-order valence-corrected chi connectivity index (χ3v) is 4.43. The van der Waals surface area contributed by atoms with E-state index in [9.17, 15) is 4.79 Å². The topological polar surface area (TPSA) is 46.3 Å². The number of hydrogen-bond acceptors (Lipinski definition) is 2. The summed E-state index contributed by atoms with van der Waals surface area (Å²) in [5.74, 6) is 0.847. The largest absolute Gasteiger partial charge is 0.330 e. The zero-order valence-corrected chi connectivity index (χ0v) is 10.6. The number of amides is 1. The average Bonchev–Trinajstić information content (AvgIpc) is 3.04. The molecular weight excluding hydrogens is 224 g/mol. The number of carbonyl (C=O) groups is 1. The van der Waals surface area contributed by atoms with Crippen molar-refractivity contribution in [1.29, 1.82) is 0 Å². The van der Waals surface area contributed by atoms with Crippen LogP contribution in [0.15, 0.2) is 24.3 Å². The summed E-state index contributed by atoms with van der Waals surface area (Å²) in [7, 11) is 0. The molecule has 96 valence electrons. The van der Waals surface area contributed by atoms with Crippen molar-refractivity contribution in [2.75, 3.05) is 18.0 Å². The lowest BCUT2D eigenvalue weighted by Crippen LogP contribution is -2.38. The monoisotopic (exact) mass is 244 g/mol. The molecule has 1 heterocycles. The van der Waals surface area contributed by atoms with Crippen LogP contribution in [0.5, 0.6) is 0 Å². The summed E-state index contributed by atoms with van der Waals surface area (Å²) in [5.41, 5.74) is 8.20. The molecule has 0 radical (unpaired) electrons. The van der Waals surface area contributed by atoms with E-state index in [0.29, 0.717) is 18.4 Å². The first-order valence-corrected chi connectivity index (χ1v) is 6.90. The molecule has 0 spiro atoms. The Labute approximate surface area is 108 Å². The number of para-hydroxylation sites is 1. The first-order chi connectivity index (χ1) is 8.81. The van der Waals surface area contributed by atoms with Crippen LogP contribution in [-0.2, 0) is 11.2 Å². The molecule has 3 nitrogen and oxygen atoms in total. The Balaban J connectivity index is 1.82. The molecule has 0 bridgehead atoms. The van der Waals surface area contributed by atoms with Gasteiger partial charge >= 0.3 is 0 Å². The van der Waals surface area contributed by atoms with Crippen molar-refractivity contribution in [2.24, 2.45) is 17.6 Å². The molecule has 1 aromatic rings. The van der Waals surface area contributed by atoms with E-state index >= 15 is 0 Å². The fourth-order valence-corrected chi connectivity index (χ4v) is 3.41. The van der Waals surface area contributed by atoms with Crippen LogP contribution in [0.1, 0.15) is 24.8 Å². The molecule has 1 fully saturated rings. The minimum atomic E-state index is 0.154. The van der Waals surface area contributed by atoms with Crippen molar-refractivity contribution in [1.82, 2.24) is 0 Å². The highest BCUT2D eigenvalue weighted by Crippen LogP contribution is 2.36. The van der Waals surface area contributed by atoms with Gasteiger partial charge in [-0.1, -0.05) is 24.6 Å². The third kappa shape index (κ3) is 1.83. The third-order valence-electron chi connectivity index (χ3n) is 4.43. The van der Waals surface area contributed by atoms with Gasteiger partial charge in [-0.05, 0) is 43.4 Å². The predicted octanol–water partition coefficient (Wildman–Crippen LogP) is 1.95. The van der Waals surface area contributed by atoms with Crippen LogP contribution in [0.2, 0.25) is 0 Å². The molecule has 1 aliphatic heterocycles. The Kier molecular flexibility index (Phi) is 3.08. The van der Waals surface area contributed by atoms with Crippen LogP contribution >= 0.6 is 0 Å². The SMILES string of the molecule is NCC1CCCC1C(=O)N1CCc2ccccc21. The van der Waals surface area contributed by atoms with Gasteiger partial charge in [0.05, 0.1) is 0 Å². The van der Waals surface area contributed by atoms with Gasteiger partial charge in [0, 0.05) is 18.2 Å². The molecule has 2 atom stereocenters. The average molecular weight is 244 g/mol. The van der Waals surface area contributed by atoms with Gasteiger partial charge in [-0.3, -0.25) is 4.79 Å². The quantitative estimate of drug-likeness (QED) is 0.864. The summed E-state index contributed by atoms with van der Waals surface area (Å²) in [6.45, 7) is 1.48. The minimum Gasteiger partial charge on any atom is -0.330 e. The van der Waals surface area contributed by atoms with Crippen molar-refractivity contribution < 1.29 is 4.79 Å². The lowest BCUT2D eigenvalue weighted by molar-refractivity contribution is -0.123. The lowest BCUT2D eigenvalue weighted by atomic mass is 9.94. The lowest BCUT2D eigenvalue weighted by Gasteiger charge is -2.24. The summed E-state index contributed by atoms with van der Waals surface area (Å²) in [4.78, 5) is 14.6. The summed E-state index contributed by atoms with van der Waals surface area (Å²) in [6.07, 6.45) is 4.26. The Morgan fingerprint density at radius 3 is 3.00 bits per heavy atom. The second kappa shape index (κ2) is 4.73. The normalized spacial score (nSPS) is 26.4. The van der Waals surface area contributed by atoms with Crippen molar-refractivity contribution in [3.8, 4) is 0 Å². The zero-order chi connectivity index (χ0) is 12.5. The Morgan fingerprint density at radius 1 is 1.33 bits per heavy atom. The fraction of sp³-hybridized carbons (Fsp3) is 0.533. The van der Waals surface area contributed by atoms with Crippen LogP contribution in [0.3, 0.4) is 0 Å². The molecule has 2 N–H and O–H groups in total. The molecule has 0 aromatic heterocycles. The first-order valence-electron chi connectivity index (χ1n) is 6.90. The predicted molar refractivity (Wildman–Crippen MR) is 72.4 cm³/mol. The molecular formula is C15H20N2O. The van der Waals surface area contributed by atoms with E-state index < -0.39 is 0 Å². The first kappa shape index (κ1) is 11.7. The number of carbonyl (C=O) groups excluding carboxylic acids is 1. The van der Waals surface area contributed by atoms with Crippen molar-refractivity contribution in [3.05, 3.63) is 29.8 Å². The Bertz CT molecular complexity index is 458. The van der Waals surface area contributed by atoms with Crippen molar-refractivity contribution in [3.63, 3.8) is 0 Å². The molecule has 3 rings (SSSR count). The van der Waals surface area contributed by atoms with Gasteiger partial charge in [-0.15, -0.1) is 0 Å². The van der Waals surface area contributed by atoms with Crippen LogP contribution in [0.25, 0.3) is 0 Å². The van der Waals surface area contributed by atoms with Gasteiger partial charge in [-0.25, -0.2) is 0 Å². The van der Waals surface area contributed by atoms with E-state index in [0.717, 1.165) is 37.9 Å². The van der Waals surface area contributed by atoms with Crippen LogP contribution in [0, 0.1) is 11.8 Å². The summed E-state index contributed by atoms with van der Waals surface area (Å²) < 4.78 is 0. The second-order valence-corrected chi connectivity index (χ2v) is 5.40. The number of nitrogens with two attached hydrogens (primary N) is 1. The van der Waals surface area contributed by atoms with Gasteiger partial charge < -0.3 is 10.6 Å². The van der Waals surface area contributed by atoms with Crippen LogP contribution in [-0.4, -0.2) is 19.0 Å². The maximum atomic E-state index is 12.7. The van der Waals surface area contributed by atoms with Gasteiger partial charge in [0.2, 0.25) is 5.91 Å². The van der Waals surface area contributed by atoms with Crippen LogP contribution in [0.4, 0.5) is 5.69 Å². The van der Waals surface area contributed by atoms with Crippen molar-refractivity contribution >= 4 is 11.6 Å². The molecule has 1 amide bonds. The number of nitrogens with zero attached hydrogens (tertiary/aromatic N) is 1. The highest BCUT2D eigenvalue weighted by atomic mass is 16.2. The standard InChI is InChI=1S/C15H20N2O/c16-10-12-5-3-6-13(12)15(18)17-9-8-11-4-1-2-7-14(11)17/h1-2,4,7,12-13H,3,5-6,8-10,16H2. The highest BCUT2D eigenvalue weighted by Gasteiger charge is 2.36. The van der Waals surface area contributed by atoms with E-state index in [2.05, 4.69) is 12.1 Å². The maximum absolute atomic E-state index is 12.7. The molecule has 3 heteroatoms. The number of fused-ring (bicyclic) bond motifs is 1. The van der Waals surface area contributed by atoms with Gasteiger partial charge in [0.15, 0.2) is 0 Å². The smallest absolute Gasteiger partial charge is 0.230 e. The van der Waals surface area contributed by atoms with E-state index in [1.165, 1.54) is 5.56 Å². The van der Waals surface area contributed by atoms with E-state index in [1.54, 1.807) is 0 Å². The Morgan fingerprint density at radius 2 is 2.17 bits per heavy atom. The molecule has 1 aromatic carbocycles. The van der Waals surface area contributed by atoms with Gasteiger partial charge in [0.25, 0.3) is 0 Å². The van der Waals surface area contributed by atoms with Gasteiger partial charge in [0.1, 0.15) is 0 Å². The molecule has 0 saturated heterocycles. The number of rotatable bonds is 2. The zero-order valence-electron chi connectivity index (χ0n) is 10.6. The number of anilines is 1. The molecule has 1 aliphatic carbocycles. The number of benzene rings is 1. The van der Waals surface area contributed by atoms with Crippen molar-refractivity contribution in [2.45, 2.75) is 25.7 Å². The Hall–Kier alpha value is -1.35. The summed E-state index contributed by atoms with van der Waals surface area (Å²) >= 11 is 0. The van der Waals surface area contributed by atoms with E-state index in [1.807, 2.05) is 17.0 Å². The molecule has 1 saturated carbocycles. The summed E-state index contributed by atoms with van der Waals surface area (Å²) in [6, 6.07) is 8.24. The molecule has 18 heavy (non-hydrogen) atoms. The van der Waals surface area contributed by atoms with E-state index in [4.69, 9.17) is 5.73 Å².